The number of nitrogens with zero attached hydrogens (tertiary/aromatic N) is 1. The summed E-state index contributed by atoms with van der Waals surface area (Å²) in [6, 6.07) is 0.189. The number of nitrogens with two attached hydrogens (primary N) is 1. The third kappa shape index (κ3) is 3.44. The van der Waals surface area contributed by atoms with Crippen LogP contribution in [0.1, 0.15) is 44.0 Å². The van der Waals surface area contributed by atoms with Crippen LogP contribution >= 0.6 is 11.3 Å². The summed E-state index contributed by atoms with van der Waals surface area (Å²) in [6.07, 6.45) is 5.48. The van der Waals surface area contributed by atoms with E-state index in [4.69, 9.17) is 5.73 Å². The predicted octanol–water partition coefficient (Wildman–Crippen LogP) is 2.97. The first kappa shape index (κ1) is 10.7. The molecule has 0 radical (unpaired) electrons. The summed E-state index contributed by atoms with van der Waals surface area (Å²) >= 11 is 1.65. The maximum absolute atomic E-state index is 6.04. The van der Waals surface area contributed by atoms with Gasteiger partial charge in [-0.3, -0.25) is 4.98 Å². The lowest BCUT2D eigenvalue weighted by Crippen LogP contribution is -2.12. The fourth-order valence-corrected chi connectivity index (χ4v) is 2.21. The van der Waals surface area contributed by atoms with E-state index < -0.39 is 0 Å². The third-order valence-corrected chi connectivity index (χ3v) is 3.16. The molecule has 0 aromatic carbocycles. The van der Waals surface area contributed by atoms with Gasteiger partial charge >= 0.3 is 0 Å². The fourth-order valence-electron chi connectivity index (χ4n) is 1.57. The van der Waals surface area contributed by atoms with E-state index >= 15 is 0 Å². The summed E-state index contributed by atoms with van der Waals surface area (Å²) in [5, 5.41) is 0. The molecule has 2 nitrogen and oxygen atoms in total. The highest BCUT2D eigenvalue weighted by molar-refractivity contribution is 7.09. The van der Waals surface area contributed by atoms with E-state index in [0.717, 1.165) is 12.3 Å². The second kappa shape index (κ2) is 5.35. The van der Waals surface area contributed by atoms with Gasteiger partial charge in [-0.25, -0.2) is 0 Å². The largest absolute Gasteiger partial charge is 0.323 e. The number of aromatic nitrogens is 1. The molecule has 2 N–H and O–H groups in total. The topological polar surface area (TPSA) is 38.9 Å². The predicted molar refractivity (Wildman–Crippen MR) is 57.7 cm³/mol. The van der Waals surface area contributed by atoms with Crippen LogP contribution < -0.4 is 5.73 Å². The molecule has 1 rings (SSSR count). The van der Waals surface area contributed by atoms with Gasteiger partial charge in [-0.05, 0) is 12.3 Å². The molecule has 13 heavy (non-hydrogen) atoms. The Morgan fingerprint density at radius 3 is 2.92 bits per heavy atom. The summed E-state index contributed by atoms with van der Waals surface area (Å²) in [5.41, 5.74) is 7.89. The molecule has 0 aliphatic carbocycles. The van der Waals surface area contributed by atoms with Crippen LogP contribution in [-0.2, 0) is 0 Å². The van der Waals surface area contributed by atoms with Crippen molar-refractivity contribution in [2.75, 3.05) is 0 Å². The number of rotatable bonds is 5. The number of hydrogen-bond acceptors (Lipinski definition) is 3. The molecule has 2 unspecified atom stereocenters. The van der Waals surface area contributed by atoms with Gasteiger partial charge in [-0.2, -0.15) is 0 Å². The first-order valence-corrected chi connectivity index (χ1v) is 5.76. The van der Waals surface area contributed by atoms with E-state index in [0.29, 0.717) is 0 Å². The Balaban J connectivity index is 2.37. The smallest absolute Gasteiger partial charge is 0.0794 e. The van der Waals surface area contributed by atoms with Crippen molar-refractivity contribution in [1.82, 2.24) is 4.98 Å². The van der Waals surface area contributed by atoms with Crippen molar-refractivity contribution < 1.29 is 0 Å². The Hall–Kier alpha value is -0.410. The minimum Gasteiger partial charge on any atom is -0.323 e. The van der Waals surface area contributed by atoms with Gasteiger partial charge in [-0.15, -0.1) is 11.3 Å². The van der Waals surface area contributed by atoms with Gasteiger partial charge in [0.25, 0.3) is 0 Å². The van der Waals surface area contributed by atoms with Crippen LogP contribution in [0.15, 0.2) is 11.7 Å². The first-order chi connectivity index (χ1) is 6.24. The lowest BCUT2D eigenvalue weighted by atomic mass is 9.97. The fraction of sp³-hybridized carbons (Fsp3) is 0.700. The van der Waals surface area contributed by atoms with Crippen LogP contribution in [0.4, 0.5) is 0 Å². The minimum atomic E-state index is 0.189. The molecule has 1 aromatic rings. The van der Waals surface area contributed by atoms with E-state index in [2.05, 4.69) is 18.8 Å². The maximum atomic E-state index is 6.04. The van der Waals surface area contributed by atoms with E-state index in [9.17, 15) is 0 Å². The molecule has 0 fully saturated rings. The van der Waals surface area contributed by atoms with Crippen molar-refractivity contribution in [2.24, 2.45) is 11.7 Å². The molecule has 1 heterocycles. The third-order valence-electron chi connectivity index (χ3n) is 2.25. The van der Waals surface area contributed by atoms with Crippen molar-refractivity contribution in [3.8, 4) is 0 Å². The molecule has 0 amide bonds. The highest BCUT2D eigenvalue weighted by atomic mass is 32.1. The van der Waals surface area contributed by atoms with Gasteiger partial charge < -0.3 is 5.73 Å². The van der Waals surface area contributed by atoms with Gasteiger partial charge in [0.15, 0.2) is 0 Å². The summed E-state index contributed by atoms with van der Waals surface area (Å²) < 4.78 is 0. The Morgan fingerprint density at radius 1 is 1.62 bits per heavy atom. The van der Waals surface area contributed by atoms with Gasteiger partial charge in [0, 0.05) is 17.1 Å². The Morgan fingerprint density at radius 2 is 2.38 bits per heavy atom. The molecule has 0 aliphatic rings. The number of thiazole rings is 1. The summed E-state index contributed by atoms with van der Waals surface area (Å²) in [4.78, 5) is 5.25. The van der Waals surface area contributed by atoms with E-state index in [1.807, 2.05) is 11.7 Å². The zero-order valence-electron chi connectivity index (χ0n) is 8.36. The average Bonchev–Trinajstić information content (AvgIpc) is 2.55. The van der Waals surface area contributed by atoms with Crippen molar-refractivity contribution in [1.29, 1.82) is 0 Å². The Bertz CT molecular complexity index is 221. The molecule has 0 bridgehead atoms. The molecule has 0 saturated carbocycles. The second-order valence-electron chi connectivity index (χ2n) is 3.64. The molecule has 0 spiro atoms. The van der Waals surface area contributed by atoms with Gasteiger partial charge in [0.05, 0.1) is 5.51 Å². The lowest BCUT2D eigenvalue weighted by molar-refractivity contribution is 0.443. The van der Waals surface area contributed by atoms with Crippen molar-refractivity contribution in [3.05, 3.63) is 16.6 Å². The molecule has 0 aliphatic heterocycles. The maximum Gasteiger partial charge on any atom is 0.0794 e. The number of hydrogen-bond donors (Lipinski definition) is 1. The molecular formula is C10H18N2S. The molecular weight excluding hydrogens is 180 g/mol. The molecule has 74 valence electrons. The van der Waals surface area contributed by atoms with Crippen LogP contribution in [-0.4, -0.2) is 4.98 Å². The average molecular weight is 198 g/mol. The van der Waals surface area contributed by atoms with Crippen molar-refractivity contribution >= 4 is 11.3 Å². The highest BCUT2D eigenvalue weighted by Crippen LogP contribution is 2.23. The van der Waals surface area contributed by atoms with E-state index in [1.165, 1.54) is 17.7 Å². The zero-order valence-corrected chi connectivity index (χ0v) is 9.18. The zero-order chi connectivity index (χ0) is 9.68. The van der Waals surface area contributed by atoms with Gasteiger partial charge in [0.2, 0.25) is 0 Å². The molecule has 2 atom stereocenters. The van der Waals surface area contributed by atoms with Gasteiger partial charge in [-0.1, -0.05) is 26.7 Å². The van der Waals surface area contributed by atoms with Crippen molar-refractivity contribution in [2.45, 2.75) is 39.2 Å². The lowest BCUT2D eigenvalue weighted by Gasteiger charge is -2.14. The highest BCUT2D eigenvalue weighted by Gasteiger charge is 2.11. The first-order valence-electron chi connectivity index (χ1n) is 4.88. The second-order valence-corrected chi connectivity index (χ2v) is 4.56. The van der Waals surface area contributed by atoms with Crippen LogP contribution in [0.25, 0.3) is 0 Å². The van der Waals surface area contributed by atoms with Crippen LogP contribution in [0.3, 0.4) is 0 Å². The Labute approximate surface area is 84.2 Å². The minimum absolute atomic E-state index is 0.189. The van der Waals surface area contributed by atoms with E-state index in [1.54, 1.807) is 11.3 Å². The Kier molecular flexibility index (Phi) is 4.39. The summed E-state index contributed by atoms with van der Waals surface area (Å²) in [5.74, 6) is 0.724. The molecule has 3 heteroatoms. The van der Waals surface area contributed by atoms with Crippen LogP contribution in [0.5, 0.6) is 0 Å². The molecule has 1 aromatic heterocycles. The monoisotopic (exact) mass is 198 g/mol. The standard InChI is InChI=1S/C10H18N2S/c1-3-4-8(2)5-9(11)10-6-12-7-13-10/h6-9H,3-5,11H2,1-2H3. The van der Waals surface area contributed by atoms with E-state index in [-0.39, 0.29) is 6.04 Å². The van der Waals surface area contributed by atoms with Crippen molar-refractivity contribution in [3.63, 3.8) is 0 Å². The normalized spacial score (nSPS) is 15.6. The summed E-state index contributed by atoms with van der Waals surface area (Å²) in [7, 11) is 0. The molecule has 0 saturated heterocycles. The SMILES string of the molecule is CCCC(C)CC(N)c1cncs1. The summed E-state index contributed by atoms with van der Waals surface area (Å²) in [6.45, 7) is 4.49. The van der Waals surface area contributed by atoms with Gasteiger partial charge in [0.1, 0.15) is 0 Å². The van der Waals surface area contributed by atoms with Crippen LogP contribution in [0.2, 0.25) is 0 Å². The van der Waals surface area contributed by atoms with Crippen LogP contribution in [0, 0.1) is 5.92 Å². The quantitative estimate of drug-likeness (QED) is 0.790.